The van der Waals surface area contributed by atoms with Gasteiger partial charge in [-0.2, -0.15) is 0 Å². The van der Waals surface area contributed by atoms with E-state index in [0.29, 0.717) is 31.4 Å². The summed E-state index contributed by atoms with van der Waals surface area (Å²) in [6, 6.07) is 16.9. The van der Waals surface area contributed by atoms with Gasteiger partial charge in [0, 0.05) is 26.2 Å². The van der Waals surface area contributed by atoms with Gasteiger partial charge in [-0.1, -0.05) is 51.3 Å². The van der Waals surface area contributed by atoms with Crippen molar-refractivity contribution >= 4 is 69.1 Å². The molecule has 0 saturated carbocycles. The first kappa shape index (κ1) is 24.7. The summed E-state index contributed by atoms with van der Waals surface area (Å²) in [7, 11) is 1.49. The van der Waals surface area contributed by atoms with Crippen molar-refractivity contribution in [3.05, 3.63) is 104 Å². The van der Waals surface area contributed by atoms with Crippen LogP contribution in [0, 0.1) is 0 Å². The van der Waals surface area contributed by atoms with E-state index in [2.05, 4.69) is 20.9 Å². The van der Waals surface area contributed by atoms with Gasteiger partial charge in [-0.15, -0.1) is 0 Å². The Morgan fingerprint density at radius 3 is 2.46 bits per heavy atom. The molecule has 0 unspecified atom stereocenters. The smallest absolute Gasteiger partial charge is 0.363 e. The lowest BCUT2D eigenvalue weighted by Crippen LogP contribution is -2.07. The molecule has 3 aromatic rings. The number of hydrogen-bond donors (Lipinski definition) is 0. The summed E-state index contributed by atoms with van der Waals surface area (Å²) in [5.74, 6) is -0.513. The van der Waals surface area contributed by atoms with Crippen LogP contribution in [0.15, 0.2) is 81.9 Å². The van der Waals surface area contributed by atoms with Crippen LogP contribution in [0.3, 0.4) is 0 Å². The molecule has 0 aliphatic carbocycles. The van der Waals surface area contributed by atoms with Gasteiger partial charge in [-0.3, -0.25) is 0 Å². The highest BCUT2D eigenvalue weighted by Crippen LogP contribution is 2.30. The average molecular weight is 573 g/mol. The van der Waals surface area contributed by atoms with Gasteiger partial charge in [0.25, 0.3) is 0 Å². The summed E-state index contributed by atoms with van der Waals surface area (Å²) < 4.78 is 16.9. The van der Waals surface area contributed by atoms with Crippen LogP contribution in [-0.4, -0.2) is 24.9 Å². The second kappa shape index (κ2) is 10.9. The predicted molar refractivity (Wildman–Crippen MR) is 139 cm³/mol. The fourth-order valence-corrected chi connectivity index (χ4v) is 3.80. The summed E-state index contributed by atoms with van der Waals surface area (Å²) in [4.78, 5) is 29.3. The van der Waals surface area contributed by atoms with Crippen LogP contribution in [0.25, 0.3) is 12.2 Å². The van der Waals surface area contributed by atoms with Crippen molar-refractivity contribution in [2.45, 2.75) is 0 Å². The number of carbonyl (C=O) groups excluding carboxylic acids is 2. The Morgan fingerprint density at radius 2 is 1.71 bits per heavy atom. The van der Waals surface area contributed by atoms with Gasteiger partial charge in [0.15, 0.2) is 5.70 Å². The number of aliphatic imine (C=N–C) groups is 1. The average Bonchev–Trinajstić information content (AvgIpc) is 3.20. The summed E-state index contributed by atoms with van der Waals surface area (Å²) >= 11 is 15.4. The van der Waals surface area contributed by atoms with E-state index in [4.69, 9.17) is 37.4 Å². The van der Waals surface area contributed by atoms with Gasteiger partial charge in [0.2, 0.25) is 5.90 Å². The zero-order chi connectivity index (χ0) is 24.9. The van der Waals surface area contributed by atoms with Crippen LogP contribution < -0.4 is 9.47 Å². The number of esters is 2. The number of rotatable bonds is 6. The van der Waals surface area contributed by atoms with E-state index in [0.717, 1.165) is 5.56 Å². The van der Waals surface area contributed by atoms with E-state index in [9.17, 15) is 9.59 Å². The third kappa shape index (κ3) is 6.19. The zero-order valence-electron chi connectivity index (χ0n) is 18.1. The highest BCUT2D eigenvalue weighted by Gasteiger charge is 2.27. The van der Waals surface area contributed by atoms with Crippen LogP contribution in [0.5, 0.6) is 11.5 Å². The molecule has 0 radical (unpaired) electrons. The third-order valence-electron chi connectivity index (χ3n) is 4.77. The lowest BCUT2D eigenvalue weighted by molar-refractivity contribution is -0.130. The van der Waals surface area contributed by atoms with Gasteiger partial charge in [-0.05, 0) is 66.2 Å². The zero-order valence-corrected chi connectivity index (χ0v) is 21.2. The molecular weight excluding hydrogens is 557 g/mol. The molecule has 0 saturated heterocycles. The molecule has 1 heterocycles. The lowest BCUT2D eigenvalue weighted by atomic mass is 10.1. The first-order chi connectivity index (χ1) is 16.8. The van der Waals surface area contributed by atoms with Crippen LogP contribution in [-0.2, 0) is 14.3 Å². The Kier molecular flexibility index (Phi) is 7.70. The van der Waals surface area contributed by atoms with Gasteiger partial charge in [-0.25, -0.2) is 14.6 Å². The largest absolute Gasteiger partial charge is 0.496 e. The number of methoxy groups -OCH3 is 1. The van der Waals surface area contributed by atoms with Crippen LogP contribution in [0.1, 0.15) is 16.7 Å². The van der Waals surface area contributed by atoms with Gasteiger partial charge >= 0.3 is 11.9 Å². The van der Waals surface area contributed by atoms with Crippen LogP contribution in [0.2, 0.25) is 10.0 Å². The molecule has 0 spiro atoms. The molecule has 6 nitrogen and oxygen atoms in total. The van der Waals surface area contributed by atoms with Gasteiger partial charge in [0.05, 0.1) is 12.7 Å². The number of benzene rings is 3. The molecular formula is C26H16BrCl2NO5. The molecule has 0 atom stereocenters. The number of hydrogen-bond acceptors (Lipinski definition) is 6. The standard InChI is InChI=1S/C26H16BrCl2NO5/c1-33-23-10-8-19(29)14-20(23)25-30-21(26(32)35-25)13-16-12-17(27)5-9-22(16)34-24(31)11-4-15-2-6-18(28)7-3-15/h2-14H,1H3/b11-4+,21-13-. The molecule has 1 aliphatic rings. The summed E-state index contributed by atoms with van der Waals surface area (Å²) in [5.41, 5.74) is 1.69. The number of halogens is 3. The Morgan fingerprint density at radius 1 is 1.00 bits per heavy atom. The lowest BCUT2D eigenvalue weighted by Gasteiger charge is -2.07. The first-order valence-electron chi connectivity index (χ1n) is 10.1. The van der Waals surface area contributed by atoms with Crippen LogP contribution >= 0.6 is 39.1 Å². The summed E-state index contributed by atoms with van der Waals surface area (Å²) in [6.07, 6.45) is 4.38. The Balaban J connectivity index is 1.61. The maximum Gasteiger partial charge on any atom is 0.363 e. The minimum absolute atomic E-state index is 0.0223. The van der Waals surface area contributed by atoms with Crippen LogP contribution in [0.4, 0.5) is 0 Å². The summed E-state index contributed by atoms with van der Waals surface area (Å²) in [5, 5.41) is 1.03. The van der Waals surface area contributed by atoms with Crippen molar-refractivity contribution in [2.75, 3.05) is 7.11 Å². The Bertz CT molecular complexity index is 1400. The maximum absolute atomic E-state index is 12.5. The molecule has 9 heteroatoms. The minimum Gasteiger partial charge on any atom is -0.496 e. The fourth-order valence-electron chi connectivity index (χ4n) is 3.12. The number of carbonyl (C=O) groups is 2. The second-order valence-electron chi connectivity index (χ2n) is 7.17. The van der Waals surface area contributed by atoms with E-state index >= 15 is 0 Å². The van der Waals surface area contributed by atoms with E-state index in [1.807, 2.05) is 0 Å². The third-order valence-corrected chi connectivity index (χ3v) is 5.75. The molecule has 176 valence electrons. The van der Waals surface area contributed by atoms with E-state index in [-0.39, 0.29) is 17.3 Å². The monoisotopic (exact) mass is 571 g/mol. The Hall–Kier alpha value is -3.39. The normalized spacial score (nSPS) is 14.2. The molecule has 35 heavy (non-hydrogen) atoms. The molecule has 0 amide bonds. The quantitative estimate of drug-likeness (QED) is 0.186. The van der Waals surface area contributed by atoms with Crippen molar-refractivity contribution in [3.8, 4) is 11.5 Å². The Labute approximate surface area is 219 Å². The molecule has 0 N–H and O–H groups in total. The van der Waals surface area contributed by atoms with E-state index in [1.165, 1.54) is 19.3 Å². The van der Waals surface area contributed by atoms with Crippen molar-refractivity contribution in [2.24, 2.45) is 4.99 Å². The number of nitrogens with zero attached hydrogens (tertiary/aromatic N) is 1. The maximum atomic E-state index is 12.5. The SMILES string of the molecule is COc1ccc(Cl)cc1C1=N/C(=C\c2cc(Br)ccc2OC(=O)/C=C/c2ccc(Cl)cc2)C(=O)O1. The topological polar surface area (TPSA) is 74.2 Å². The van der Waals surface area contributed by atoms with E-state index < -0.39 is 11.9 Å². The summed E-state index contributed by atoms with van der Waals surface area (Å²) in [6.45, 7) is 0. The highest BCUT2D eigenvalue weighted by atomic mass is 79.9. The number of cyclic esters (lactones) is 1. The second-order valence-corrected chi connectivity index (χ2v) is 8.96. The predicted octanol–water partition coefficient (Wildman–Crippen LogP) is 6.73. The van der Waals surface area contributed by atoms with Gasteiger partial charge in [0.1, 0.15) is 11.5 Å². The van der Waals surface area contributed by atoms with Gasteiger partial charge < -0.3 is 14.2 Å². The fraction of sp³-hybridized carbons (Fsp3) is 0.0385. The van der Waals surface area contributed by atoms with Crippen molar-refractivity contribution < 1.29 is 23.8 Å². The highest BCUT2D eigenvalue weighted by molar-refractivity contribution is 9.10. The van der Waals surface area contributed by atoms with Crippen molar-refractivity contribution in [1.29, 1.82) is 0 Å². The molecule has 0 fully saturated rings. The minimum atomic E-state index is -0.665. The number of ether oxygens (including phenoxy) is 3. The van der Waals surface area contributed by atoms with Crippen molar-refractivity contribution in [3.63, 3.8) is 0 Å². The molecule has 1 aliphatic heterocycles. The molecule has 0 aromatic heterocycles. The van der Waals surface area contributed by atoms with E-state index in [1.54, 1.807) is 66.7 Å². The molecule has 4 rings (SSSR count). The molecule has 0 bridgehead atoms. The first-order valence-corrected chi connectivity index (χ1v) is 11.7. The molecule has 3 aromatic carbocycles. The van der Waals surface area contributed by atoms with Crippen molar-refractivity contribution in [1.82, 2.24) is 0 Å².